The van der Waals surface area contributed by atoms with Crippen molar-refractivity contribution in [2.24, 2.45) is 7.05 Å². The first-order valence-corrected chi connectivity index (χ1v) is 6.39. The summed E-state index contributed by atoms with van der Waals surface area (Å²) < 4.78 is 1.69. The molecule has 0 atom stereocenters. The van der Waals surface area contributed by atoms with E-state index in [4.69, 9.17) is 0 Å². The average molecular weight is 257 g/mol. The van der Waals surface area contributed by atoms with E-state index in [1.165, 1.54) is 5.56 Å². The molecule has 0 spiro atoms. The number of carbonyl (C=O) groups is 1. The van der Waals surface area contributed by atoms with E-state index in [1.54, 1.807) is 10.9 Å². The van der Waals surface area contributed by atoms with Crippen LogP contribution in [-0.2, 0) is 7.05 Å². The molecule has 100 valence electrons. The number of nitrogens with one attached hydrogen (secondary N) is 1. The summed E-state index contributed by atoms with van der Waals surface area (Å²) in [5.74, 6) is 0.369. The van der Waals surface area contributed by atoms with E-state index >= 15 is 0 Å². The van der Waals surface area contributed by atoms with Gasteiger partial charge in [-0.25, -0.2) is 0 Å². The van der Waals surface area contributed by atoms with Gasteiger partial charge in [-0.1, -0.05) is 26.0 Å². The average Bonchev–Trinajstić information content (AvgIpc) is 2.70. The van der Waals surface area contributed by atoms with Gasteiger partial charge in [0, 0.05) is 18.4 Å². The van der Waals surface area contributed by atoms with E-state index < -0.39 is 0 Å². The third-order valence-electron chi connectivity index (χ3n) is 3.32. The summed E-state index contributed by atoms with van der Waals surface area (Å²) >= 11 is 0. The van der Waals surface area contributed by atoms with Crippen LogP contribution in [0, 0.1) is 6.92 Å². The van der Waals surface area contributed by atoms with Crippen LogP contribution in [0.4, 0.5) is 5.69 Å². The summed E-state index contributed by atoms with van der Waals surface area (Å²) in [6.45, 7) is 6.17. The number of anilines is 1. The molecule has 0 radical (unpaired) electrons. The maximum Gasteiger partial charge on any atom is 0.259 e. The monoisotopic (exact) mass is 257 g/mol. The van der Waals surface area contributed by atoms with Gasteiger partial charge < -0.3 is 5.32 Å². The summed E-state index contributed by atoms with van der Waals surface area (Å²) in [5.41, 5.74) is 3.53. The Hall–Kier alpha value is -2.10. The fourth-order valence-corrected chi connectivity index (χ4v) is 1.87. The Kier molecular flexibility index (Phi) is 3.69. The fourth-order valence-electron chi connectivity index (χ4n) is 1.87. The molecule has 0 aliphatic heterocycles. The van der Waals surface area contributed by atoms with Gasteiger partial charge >= 0.3 is 0 Å². The summed E-state index contributed by atoms with van der Waals surface area (Å²) in [7, 11) is 1.82. The van der Waals surface area contributed by atoms with Gasteiger partial charge in [0.05, 0.1) is 11.8 Å². The zero-order valence-corrected chi connectivity index (χ0v) is 11.8. The van der Waals surface area contributed by atoms with Gasteiger partial charge in [-0.3, -0.25) is 9.48 Å². The first-order chi connectivity index (χ1) is 8.99. The number of aromatic nitrogens is 2. The highest BCUT2D eigenvalue weighted by Crippen LogP contribution is 2.18. The molecule has 2 rings (SSSR count). The maximum atomic E-state index is 12.1. The molecule has 1 aromatic heterocycles. The molecule has 4 nitrogen and oxygen atoms in total. The van der Waals surface area contributed by atoms with E-state index in [9.17, 15) is 4.79 Å². The highest BCUT2D eigenvalue weighted by Gasteiger charge is 2.12. The quantitative estimate of drug-likeness (QED) is 0.918. The fraction of sp³-hybridized carbons (Fsp3) is 0.333. The van der Waals surface area contributed by atoms with E-state index in [-0.39, 0.29) is 5.91 Å². The molecule has 0 fully saturated rings. The van der Waals surface area contributed by atoms with Crippen LogP contribution in [0.1, 0.15) is 41.4 Å². The lowest BCUT2D eigenvalue weighted by molar-refractivity contribution is 0.102. The molecule has 19 heavy (non-hydrogen) atoms. The number of rotatable bonds is 3. The molecule has 1 aromatic carbocycles. The number of nitrogens with zero attached hydrogens (tertiary/aromatic N) is 2. The van der Waals surface area contributed by atoms with Gasteiger partial charge in [-0.05, 0) is 30.5 Å². The van der Waals surface area contributed by atoms with Gasteiger partial charge in [-0.2, -0.15) is 5.10 Å². The van der Waals surface area contributed by atoms with Crippen molar-refractivity contribution in [3.63, 3.8) is 0 Å². The number of carbonyl (C=O) groups excluding carboxylic acids is 1. The zero-order valence-electron chi connectivity index (χ0n) is 11.8. The molecule has 0 bridgehead atoms. The van der Waals surface area contributed by atoms with Crippen molar-refractivity contribution in [1.82, 2.24) is 9.78 Å². The SMILES string of the molecule is Cc1c(C(=O)Nc2ccc(C(C)C)cc2)cnn1C. The second-order valence-corrected chi connectivity index (χ2v) is 5.00. The predicted molar refractivity (Wildman–Crippen MR) is 76.4 cm³/mol. The Labute approximate surface area is 113 Å². The van der Waals surface area contributed by atoms with Crippen molar-refractivity contribution in [2.45, 2.75) is 26.7 Å². The Morgan fingerprint density at radius 2 is 1.89 bits per heavy atom. The molecule has 0 aliphatic carbocycles. The van der Waals surface area contributed by atoms with Crippen molar-refractivity contribution in [3.05, 3.63) is 47.3 Å². The highest BCUT2D eigenvalue weighted by atomic mass is 16.1. The van der Waals surface area contributed by atoms with Gasteiger partial charge in [0.2, 0.25) is 0 Å². The standard InChI is InChI=1S/C15H19N3O/c1-10(2)12-5-7-13(8-6-12)17-15(19)14-9-16-18(4)11(14)3/h5-10H,1-4H3,(H,17,19). The molecule has 1 heterocycles. The van der Waals surface area contributed by atoms with E-state index in [2.05, 4.69) is 24.3 Å². The molecule has 1 amide bonds. The molecule has 0 aliphatic rings. The van der Waals surface area contributed by atoms with Crippen LogP contribution >= 0.6 is 0 Å². The van der Waals surface area contributed by atoms with E-state index in [0.717, 1.165) is 11.4 Å². The number of benzene rings is 1. The lowest BCUT2D eigenvalue weighted by atomic mass is 10.0. The normalized spacial score (nSPS) is 10.8. The number of aryl methyl sites for hydroxylation is 1. The van der Waals surface area contributed by atoms with E-state index in [1.807, 2.05) is 38.2 Å². The molecular formula is C15H19N3O. The largest absolute Gasteiger partial charge is 0.322 e. The first-order valence-electron chi connectivity index (χ1n) is 6.39. The molecule has 1 N–H and O–H groups in total. The van der Waals surface area contributed by atoms with Gasteiger partial charge in [0.25, 0.3) is 5.91 Å². The second kappa shape index (κ2) is 5.26. The number of amides is 1. The van der Waals surface area contributed by atoms with Crippen molar-refractivity contribution in [3.8, 4) is 0 Å². The molecule has 0 unspecified atom stereocenters. The van der Waals surface area contributed by atoms with Crippen LogP contribution in [0.25, 0.3) is 0 Å². The minimum atomic E-state index is -0.122. The van der Waals surface area contributed by atoms with Crippen LogP contribution in [0.2, 0.25) is 0 Å². The van der Waals surface area contributed by atoms with E-state index in [0.29, 0.717) is 11.5 Å². The molecule has 0 saturated carbocycles. The molecule has 0 saturated heterocycles. The van der Waals surface area contributed by atoms with Crippen LogP contribution in [0.15, 0.2) is 30.5 Å². The van der Waals surface area contributed by atoms with Crippen LogP contribution < -0.4 is 5.32 Å². The summed E-state index contributed by atoms with van der Waals surface area (Å²) in [6.07, 6.45) is 1.59. The number of hydrogen-bond acceptors (Lipinski definition) is 2. The summed E-state index contributed by atoms with van der Waals surface area (Å²) in [6, 6.07) is 7.94. The van der Waals surface area contributed by atoms with Gasteiger partial charge in [-0.15, -0.1) is 0 Å². The van der Waals surface area contributed by atoms with Crippen molar-refractivity contribution in [2.75, 3.05) is 5.32 Å². The van der Waals surface area contributed by atoms with Crippen molar-refractivity contribution >= 4 is 11.6 Å². The first kappa shape index (κ1) is 13.3. The van der Waals surface area contributed by atoms with Gasteiger partial charge in [0.15, 0.2) is 0 Å². The number of hydrogen-bond donors (Lipinski definition) is 1. The Balaban J connectivity index is 2.13. The lowest BCUT2D eigenvalue weighted by Crippen LogP contribution is -2.12. The van der Waals surface area contributed by atoms with Crippen molar-refractivity contribution < 1.29 is 4.79 Å². The second-order valence-electron chi connectivity index (χ2n) is 5.00. The lowest BCUT2D eigenvalue weighted by Gasteiger charge is -2.08. The summed E-state index contributed by atoms with van der Waals surface area (Å²) in [5, 5.41) is 6.96. The van der Waals surface area contributed by atoms with Crippen LogP contribution in [0.5, 0.6) is 0 Å². The Morgan fingerprint density at radius 3 is 2.37 bits per heavy atom. The Bertz CT molecular complexity index is 582. The van der Waals surface area contributed by atoms with Gasteiger partial charge in [0.1, 0.15) is 0 Å². The third-order valence-corrected chi connectivity index (χ3v) is 3.32. The van der Waals surface area contributed by atoms with Crippen LogP contribution in [-0.4, -0.2) is 15.7 Å². The Morgan fingerprint density at radius 1 is 1.26 bits per heavy atom. The molecule has 4 heteroatoms. The smallest absolute Gasteiger partial charge is 0.259 e. The summed E-state index contributed by atoms with van der Waals surface area (Å²) in [4.78, 5) is 12.1. The molecule has 2 aromatic rings. The minimum absolute atomic E-state index is 0.122. The predicted octanol–water partition coefficient (Wildman–Crippen LogP) is 3.10. The minimum Gasteiger partial charge on any atom is -0.322 e. The van der Waals surface area contributed by atoms with Crippen LogP contribution in [0.3, 0.4) is 0 Å². The topological polar surface area (TPSA) is 46.9 Å². The highest BCUT2D eigenvalue weighted by molar-refractivity contribution is 6.04. The zero-order chi connectivity index (χ0) is 14.0. The molecular weight excluding hydrogens is 238 g/mol. The maximum absolute atomic E-state index is 12.1. The third kappa shape index (κ3) is 2.84. The van der Waals surface area contributed by atoms with Crippen molar-refractivity contribution in [1.29, 1.82) is 0 Å².